The minimum absolute atomic E-state index is 0.0824. The number of nitrogens with zero attached hydrogens (tertiary/aromatic N) is 2. The molecule has 0 saturated heterocycles. The molecule has 2 aromatic carbocycles. The normalized spacial score (nSPS) is 11.2. The fourth-order valence-corrected chi connectivity index (χ4v) is 2.45. The molecule has 0 saturated carbocycles. The lowest BCUT2D eigenvalue weighted by molar-refractivity contribution is 0.623. The third-order valence-electron chi connectivity index (χ3n) is 3.38. The predicted molar refractivity (Wildman–Crippen MR) is 77.7 cm³/mol. The van der Waals surface area contributed by atoms with Crippen LogP contribution in [0.5, 0.6) is 0 Å². The van der Waals surface area contributed by atoms with Gasteiger partial charge in [-0.2, -0.15) is 0 Å². The quantitative estimate of drug-likeness (QED) is 0.712. The van der Waals surface area contributed by atoms with E-state index in [9.17, 15) is 9.18 Å². The van der Waals surface area contributed by atoms with E-state index in [1.54, 1.807) is 22.2 Å². The average Bonchev–Trinajstić information content (AvgIpc) is 2.69. The van der Waals surface area contributed by atoms with E-state index >= 15 is 0 Å². The molecule has 3 rings (SSSR count). The number of rotatable bonds is 2. The molecule has 0 aliphatic heterocycles. The molecule has 1 aromatic heterocycles. The van der Waals surface area contributed by atoms with Crippen molar-refractivity contribution < 1.29 is 4.39 Å². The Hall–Kier alpha value is -2.07. The molecule has 0 atom stereocenters. The van der Waals surface area contributed by atoms with Crippen molar-refractivity contribution in [2.45, 2.75) is 6.54 Å². The summed E-state index contributed by atoms with van der Waals surface area (Å²) < 4.78 is 16.7. The summed E-state index contributed by atoms with van der Waals surface area (Å²) in [6.45, 7) is 0.314. The van der Waals surface area contributed by atoms with E-state index in [4.69, 9.17) is 11.6 Å². The van der Waals surface area contributed by atoms with Gasteiger partial charge in [-0.15, -0.1) is 0 Å². The molecule has 20 heavy (non-hydrogen) atoms. The Balaban J connectivity index is 2.13. The van der Waals surface area contributed by atoms with Gasteiger partial charge < -0.3 is 0 Å². The molecule has 0 N–H and O–H groups in total. The highest BCUT2D eigenvalue weighted by molar-refractivity contribution is 6.30. The van der Waals surface area contributed by atoms with Crippen LogP contribution in [0.3, 0.4) is 0 Å². The fraction of sp³-hybridized carbons (Fsp3) is 0.133. The van der Waals surface area contributed by atoms with Gasteiger partial charge in [0.25, 0.3) is 0 Å². The first kappa shape index (κ1) is 12.9. The van der Waals surface area contributed by atoms with Gasteiger partial charge in [-0.25, -0.2) is 9.18 Å². The average molecular weight is 291 g/mol. The molecule has 0 amide bonds. The fourth-order valence-electron chi connectivity index (χ4n) is 2.34. The van der Waals surface area contributed by atoms with Crippen LogP contribution in [0.15, 0.2) is 47.3 Å². The van der Waals surface area contributed by atoms with Crippen molar-refractivity contribution >= 4 is 22.6 Å². The molecule has 1 heterocycles. The van der Waals surface area contributed by atoms with Crippen LogP contribution >= 0.6 is 11.6 Å². The second kappa shape index (κ2) is 4.80. The predicted octanol–water partition coefficient (Wildman–Crippen LogP) is 3.18. The summed E-state index contributed by atoms with van der Waals surface area (Å²) >= 11 is 5.67. The third-order valence-corrected chi connectivity index (χ3v) is 3.68. The molecule has 0 spiro atoms. The second-order valence-electron chi connectivity index (χ2n) is 4.66. The van der Waals surface area contributed by atoms with E-state index in [1.165, 1.54) is 12.1 Å². The number of benzene rings is 2. The van der Waals surface area contributed by atoms with E-state index in [1.807, 2.05) is 24.3 Å². The summed E-state index contributed by atoms with van der Waals surface area (Å²) in [5, 5.41) is 0.0824. The Labute approximate surface area is 119 Å². The van der Waals surface area contributed by atoms with Gasteiger partial charge in [-0.05, 0) is 29.8 Å². The zero-order valence-electron chi connectivity index (χ0n) is 10.8. The zero-order valence-corrected chi connectivity index (χ0v) is 11.6. The van der Waals surface area contributed by atoms with Gasteiger partial charge in [-0.3, -0.25) is 9.13 Å². The van der Waals surface area contributed by atoms with Gasteiger partial charge in [0.2, 0.25) is 0 Å². The molecule has 3 aromatic rings. The van der Waals surface area contributed by atoms with Crippen LogP contribution < -0.4 is 5.69 Å². The molecule has 102 valence electrons. The van der Waals surface area contributed by atoms with Crippen LogP contribution in [0.4, 0.5) is 4.39 Å². The van der Waals surface area contributed by atoms with E-state index in [0.717, 1.165) is 11.0 Å². The first-order valence-electron chi connectivity index (χ1n) is 6.16. The number of para-hydroxylation sites is 2. The molecule has 0 radical (unpaired) electrons. The highest BCUT2D eigenvalue weighted by Crippen LogP contribution is 2.18. The molecule has 0 fully saturated rings. The highest BCUT2D eigenvalue weighted by Gasteiger charge is 2.11. The molecule has 3 nitrogen and oxygen atoms in total. The Kier molecular flexibility index (Phi) is 3.10. The lowest BCUT2D eigenvalue weighted by Crippen LogP contribution is -2.22. The SMILES string of the molecule is Cn1c(=O)n(Cc2ccc(Cl)c(F)c2)c2ccccc21. The molecular formula is C15H12ClFN2O. The summed E-state index contributed by atoms with van der Waals surface area (Å²) in [5.74, 6) is -0.475. The van der Waals surface area contributed by atoms with Crippen molar-refractivity contribution in [1.82, 2.24) is 9.13 Å². The monoisotopic (exact) mass is 290 g/mol. The molecular weight excluding hydrogens is 279 g/mol. The second-order valence-corrected chi connectivity index (χ2v) is 5.07. The largest absolute Gasteiger partial charge is 0.329 e. The summed E-state index contributed by atoms with van der Waals surface area (Å²) in [6.07, 6.45) is 0. The van der Waals surface area contributed by atoms with Gasteiger partial charge in [0.1, 0.15) is 5.82 Å². The van der Waals surface area contributed by atoms with Crippen molar-refractivity contribution in [3.05, 3.63) is 69.4 Å². The van der Waals surface area contributed by atoms with Gasteiger partial charge in [0.05, 0.1) is 22.6 Å². The minimum Gasteiger partial charge on any atom is -0.295 e. The number of hydrogen-bond donors (Lipinski definition) is 0. The molecule has 0 unspecified atom stereocenters. The topological polar surface area (TPSA) is 26.9 Å². The van der Waals surface area contributed by atoms with E-state index in [-0.39, 0.29) is 10.7 Å². The standard InChI is InChI=1S/C15H12ClFN2O/c1-18-13-4-2-3-5-14(13)19(15(18)20)9-10-6-7-11(16)12(17)8-10/h2-8H,9H2,1H3. The molecule has 0 bridgehead atoms. The smallest absolute Gasteiger partial charge is 0.295 e. The van der Waals surface area contributed by atoms with Gasteiger partial charge >= 0.3 is 5.69 Å². The van der Waals surface area contributed by atoms with Crippen molar-refractivity contribution in [3.63, 3.8) is 0 Å². The number of hydrogen-bond acceptors (Lipinski definition) is 1. The molecule has 0 aliphatic carbocycles. The van der Waals surface area contributed by atoms with Gasteiger partial charge in [-0.1, -0.05) is 29.8 Å². The number of aryl methyl sites for hydroxylation is 1. The summed E-state index contributed by atoms with van der Waals surface area (Å²) in [7, 11) is 1.73. The van der Waals surface area contributed by atoms with Crippen molar-refractivity contribution in [3.8, 4) is 0 Å². The van der Waals surface area contributed by atoms with E-state index < -0.39 is 5.82 Å². The van der Waals surface area contributed by atoms with Crippen LogP contribution in [0.2, 0.25) is 5.02 Å². The highest BCUT2D eigenvalue weighted by atomic mass is 35.5. The van der Waals surface area contributed by atoms with Crippen molar-refractivity contribution in [2.24, 2.45) is 7.05 Å². The maximum absolute atomic E-state index is 13.5. The molecule has 5 heteroatoms. The first-order valence-corrected chi connectivity index (χ1v) is 6.54. The number of halogens is 2. The maximum Gasteiger partial charge on any atom is 0.329 e. The Morgan fingerprint density at radius 3 is 2.55 bits per heavy atom. The van der Waals surface area contributed by atoms with E-state index in [2.05, 4.69) is 0 Å². The van der Waals surface area contributed by atoms with Crippen LogP contribution in [0.1, 0.15) is 5.56 Å². The number of fused-ring (bicyclic) bond motifs is 1. The number of imidazole rings is 1. The number of aromatic nitrogens is 2. The van der Waals surface area contributed by atoms with Crippen molar-refractivity contribution in [1.29, 1.82) is 0 Å². The summed E-state index contributed by atoms with van der Waals surface area (Å²) in [4.78, 5) is 12.3. The van der Waals surface area contributed by atoms with Gasteiger partial charge in [0, 0.05) is 7.05 Å². The van der Waals surface area contributed by atoms with Crippen LogP contribution in [-0.4, -0.2) is 9.13 Å². The van der Waals surface area contributed by atoms with Crippen LogP contribution in [0, 0.1) is 5.82 Å². The van der Waals surface area contributed by atoms with Crippen molar-refractivity contribution in [2.75, 3.05) is 0 Å². The molecule has 0 aliphatic rings. The van der Waals surface area contributed by atoms with E-state index in [0.29, 0.717) is 12.1 Å². The van der Waals surface area contributed by atoms with Crippen LogP contribution in [-0.2, 0) is 13.6 Å². The lowest BCUT2D eigenvalue weighted by atomic mass is 10.2. The van der Waals surface area contributed by atoms with Gasteiger partial charge in [0.15, 0.2) is 0 Å². The Morgan fingerprint density at radius 1 is 1.15 bits per heavy atom. The lowest BCUT2D eigenvalue weighted by Gasteiger charge is -2.04. The Morgan fingerprint density at radius 2 is 1.85 bits per heavy atom. The van der Waals surface area contributed by atoms with Crippen LogP contribution in [0.25, 0.3) is 11.0 Å². The Bertz CT molecular complexity index is 851. The summed E-state index contributed by atoms with van der Waals surface area (Å²) in [5.41, 5.74) is 2.26. The minimum atomic E-state index is -0.475. The maximum atomic E-state index is 13.5. The third kappa shape index (κ3) is 2.02. The zero-order chi connectivity index (χ0) is 14.3. The summed E-state index contributed by atoms with van der Waals surface area (Å²) in [6, 6.07) is 12.1. The first-order chi connectivity index (χ1) is 9.58.